The van der Waals surface area contributed by atoms with Crippen LogP contribution in [0, 0.1) is 23.7 Å². The maximum atomic E-state index is 8.68. The summed E-state index contributed by atoms with van der Waals surface area (Å²) in [5, 5.41) is 23.8. The van der Waals surface area contributed by atoms with Gasteiger partial charge in [-0.3, -0.25) is 10.5 Å². The van der Waals surface area contributed by atoms with Crippen LogP contribution in [-0.4, -0.2) is 35.6 Å². The van der Waals surface area contributed by atoms with E-state index in [4.69, 9.17) is 15.8 Å². The fourth-order valence-electron chi connectivity index (χ4n) is 4.00. The summed E-state index contributed by atoms with van der Waals surface area (Å²) in [6.45, 7) is 29.2. The van der Waals surface area contributed by atoms with Gasteiger partial charge in [0.2, 0.25) is 0 Å². The van der Waals surface area contributed by atoms with Crippen molar-refractivity contribution in [2.45, 2.75) is 107 Å². The van der Waals surface area contributed by atoms with Crippen molar-refractivity contribution in [1.82, 2.24) is 4.90 Å². The Balaban J connectivity index is -0.000000503. The number of nitrogens with zero attached hydrogens (tertiary/aromatic N) is 2. The van der Waals surface area contributed by atoms with Crippen molar-refractivity contribution in [2.24, 2.45) is 5.41 Å². The Bertz CT molecular complexity index is 1040. The molecule has 0 spiro atoms. The van der Waals surface area contributed by atoms with Crippen molar-refractivity contribution in [3.63, 3.8) is 0 Å². The smallest absolute Gasteiger partial charge is 0.0991 e. The molecule has 1 aliphatic rings. The zero-order chi connectivity index (χ0) is 34.4. The van der Waals surface area contributed by atoms with E-state index in [0.717, 1.165) is 22.5 Å². The van der Waals surface area contributed by atoms with Crippen LogP contribution < -0.4 is 5.32 Å². The van der Waals surface area contributed by atoms with Crippen LogP contribution in [0.3, 0.4) is 0 Å². The highest BCUT2D eigenvalue weighted by Crippen LogP contribution is 2.33. The Morgan fingerprint density at radius 1 is 1.00 bits per heavy atom. The number of allylic oxidation sites excluding steroid dienone is 4. The first kappa shape index (κ1) is 45.3. The second-order valence-corrected chi connectivity index (χ2v) is 11.2. The number of hydrogen-bond acceptors (Lipinski definition) is 5. The molecule has 0 atom stereocenters. The molecule has 44 heavy (non-hydrogen) atoms. The van der Waals surface area contributed by atoms with Gasteiger partial charge in [0, 0.05) is 11.4 Å². The van der Waals surface area contributed by atoms with Gasteiger partial charge >= 0.3 is 0 Å². The maximum absolute atomic E-state index is 8.68. The number of anilines is 1. The highest BCUT2D eigenvalue weighted by molar-refractivity contribution is 5.66. The minimum atomic E-state index is 0.659. The van der Waals surface area contributed by atoms with Crippen molar-refractivity contribution < 1.29 is 10.5 Å². The zero-order valence-electron chi connectivity index (χ0n) is 29.8. The first-order valence-corrected chi connectivity index (χ1v) is 16.2. The summed E-state index contributed by atoms with van der Waals surface area (Å²) in [5.41, 5.74) is 6.88. The number of unbranched alkanes of at least 4 members (excludes halogenated alkanes) is 3. The standard InChI is InChI=1S/C12H11N.C10H13N.C9H19N.C6H14.C2H6.H2O2/c1-3-5-10(2)12-7-4-6-11(8-12)9-13;1-8(2)11-10-6-4-9(3)5-7-10;1-4-9(2)5-7-10(3)8-6-9;1-3-5-6-4-2;2*1-2/h3-8H,1H2,2H3;4-7,11H,1H2,2-3H3;4-8H2,1-3H3;3-6H2,1-2H3;1-2H3;1-2H/b10-5+;;;;;. The molecule has 0 bridgehead atoms. The zero-order valence-corrected chi connectivity index (χ0v) is 29.8. The highest BCUT2D eigenvalue weighted by Gasteiger charge is 2.26. The second-order valence-electron chi connectivity index (χ2n) is 11.2. The van der Waals surface area contributed by atoms with E-state index >= 15 is 0 Å². The van der Waals surface area contributed by atoms with E-state index in [1.165, 1.54) is 63.6 Å². The molecule has 0 saturated carbocycles. The molecule has 1 heterocycles. The van der Waals surface area contributed by atoms with E-state index in [-0.39, 0.29) is 0 Å². The summed E-state index contributed by atoms with van der Waals surface area (Å²) in [6.07, 6.45) is 13.3. The molecule has 5 nitrogen and oxygen atoms in total. The number of likely N-dealkylation sites (tertiary alicyclic amines) is 1. The lowest BCUT2D eigenvalue weighted by molar-refractivity contribution is -0.176. The molecule has 1 saturated heterocycles. The van der Waals surface area contributed by atoms with Gasteiger partial charge in [-0.2, -0.15) is 5.26 Å². The third-order valence-corrected chi connectivity index (χ3v) is 7.23. The summed E-state index contributed by atoms with van der Waals surface area (Å²) < 4.78 is 0. The molecule has 0 unspecified atom stereocenters. The van der Waals surface area contributed by atoms with Gasteiger partial charge < -0.3 is 10.2 Å². The summed E-state index contributed by atoms with van der Waals surface area (Å²) >= 11 is 0. The molecule has 1 fully saturated rings. The quantitative estimate of drug-likeness (QED) is 0.120. The van der Waals surface area contributed by atoms with Gasteiger partial charge in [0.25, 0.3) is 0 Å². The Morgan fingerprint density at radius 2 is 1.52 bits per heavy atom. The van der Waals surface area contributed by atoms with Gasteiger partial charge in [-0.25, -0.2) is 0 Å². The van der Waals surface area contributed by atoms with Crippen molar-refractivity contribution in [1.29, 1.82) is 5.26 Å². The summed E-state index contributed by atoms with van der Waals surface area (Å²) in [7, 11) is 2.22. The number of hydrogen-bond donors (Lipinski definition) is 3. The molecule has 2 aromatic rings. The van der Waals surface area contributed by atoms with Crippen LogP contribution in [-0.2, 0) is 0 Å². The van der Waals surface area contributed by atoms with E-state index in [1.807, 2.05) is 64.1 Å². The van der Waals surface area contributed by atoms with Crippen LogP contribution >= 0.6 is 0 Å². The molecule has 0 amide bonds. The predicted molar refractivity (Wildman–Crippen MR) is 196 cm³/mol. The Hall–Kier alpha value is -3.17. The van der Waals surface area contributed by atoms with Crippen LogP contribution in [0.25, 0.3) is 5.57 Å². The topological polar surface area (TPSA) is 79.5 Å². The average molecular weight is 608 g/mol. The molecule has 248 valence electrons. The number of nitriles is 1. The number of rotatable bonds is 8. The molecule has 2 aromatic carbocycles. The monoisotopic (exact) mass is 608 g/mol. The van der Waals surface area contributed by atoms with E-state index in [2.05, 4.69) is 83.2 Å². The van der Waals surface area contributed by atoms with Crippen LogP contribution in [0.2, 0.25) is 0 Å². The molecule has 0 aliphatic carbocycles. The third-order valence-electron chi connectivity index (χ3n) is 7.23. The van der Waals surface area contributed by atoms with Crippen molar-refractivity contribution in [3.8, 4) is 6.07 Å². The molecule has 3 rings (SSSR count). The van der Waals surface area contributed by atoms with Gasteiger partial charge in [-0.15, -0.1) is 0 Å². The van der Waals surface area contributed by atoms with E-state index in [1.54, 1.807) is 12.1 Å². The van der Waals surface area contributed by atoms with Crippen molar-refractivity contribution in [3.05, 3.63) is 96.2 Å². The van der Waals surface area contributed by atoms with Crippen LogP contribution in [0.15, 0.2) is 79.5 Å². The van der Waals surface area contributed by atoms with Crippen LogP contribution in [0.5, 0.6) is 0 Å². The van der Waals surface area contributed by atoms with E-state index < -0.39 is 0 Å². The lowest BCUT2D eigenvalue weighted by Crippen LogP contribution is -2.35. The van der Waals surface area contributed by atoms with Crippen molar-refractivity contribution in [2.75, 3.05) is 25.5 Å². The molecular weight excluding hydrogens is 542 g/mol. The largest absolute Gasteiger partial charge is 0.360 e. The van der Waals surface area contributed by atoms with Gasteiger partial charge in [-0.1, -0.05) is 129 Å². The second kappa shape index (κ2) is 29.9. The molecule has 3 N–H and O–H groups in total. The fraction of sp³-hybridized carbons (Fsp3) is 0.513. The number of benzene rings is 2. The van der Waals surface area contributed by atoms with Gasteiger partial charge in [-0.05, 0) is 94.6 Å². The normalized spacial score (nSPS) is 13.0. The van der Waals surface area contributed by atoms with Gasteiger partial charge in [0.05, 0.1) is 11.6 Å². The lowest BCUT2D eigenvalue weighted by Gasteiger charge is -2.37. The summed E-state index contributed by atoms with van der Waals surface area (Å²) in [5.74, 6) is 0. The number of piperidine rings is 1. The SMILES string of the molecule is C=C(C)Nc1ccc(C)cc1.C=C/C=C(\C)c1cccc(C#N)c1.CC.CCC1(C)CCN(C)CC1.CCCCCC.OO. The Morgan fingerprint density at radius 3 is 1.93 bits per heavy atom. The fourth-order valence-corrected chi connectivity index (χ4v) is 4.00. The predicted octanol–water partition coefficient (Wildman–Crippen LogP) is 11.8. The molecule has 0 radical (unpaired) electrons. The van der Waals surface area contributed by atoms with Crippen molar-refractivity contribution >= 4 is 11.3 Å². The van der Waals surface area contributed by atoms with Crippen LogP contribution in [0.4, 0.5) is 5.69 Å². The maximum Gasteiger partial charge on any atom is 0.0991 e. The minimum Gasteiger partial charge on any atom is -0.360 e. The third kappa shape index (κ3) is 24.3. The van der Waals surface area contributed by atoms with Gasteiger partial charge in [0.15, 0.2) is 0 Å². The lowest BCUT2D eigenvalue weighted by atomic mass is 9.78. The Kier molecular flexibility index (Phi) is 30.7. The number of nitrogens with one attached hydrogen (secondary N) is 1. The molecular formula is C39H65N3O2. The van der Waals surface area contributed by atoms with E-state index in [0.29, 0.717) is 11.0 Å². The van der Waals surface area contributed by atoms with Crippen LogP contribution in [0.1, 0.15) is 117 Å². The Labute approximate surface area is 272 Å². The average Bonchev–Trinajstić information content (AvgIpc) is 3.05. The first-order valence-electron chi connectivity index (χ1n) is 16.2. The highest BCUT2D eigenvalue weighted by atomic mass is 17.0. The van der Waals surface area contributed by atoms with Gasteiger partial charge in [0.1, 0.15) is 0 Å². The molecule has 5 heteroatoms. The molecule has 0 aromatic heterocycles. The first-order chi connectivity index (χ1) is 21.0. The number of aryl methyl sites for hydroxylation is 1. The molecule has 1 aliphatic heterocycles. The minimum absolute atomic E-state index is 0.659. The summed E-state index contributed by atoms with van der Waals surface area (Å²) in [4.78, 5) is 2.43. The van der Waals surface area contributed by atoms with E-state index in [9.17, 15) is 0 Å². The summed E-state index contributed by atoms with van der Waals surface area (Å²) in [6, 6.07) is 17.9.